The summed E-state index contributed by atoms with van der Waals surface area (Å²) in [6.45, 7) is 1.56. The highest BCUT2D eigenvalue weighted by molar-refractivity contribution is 7.90. The zero-order valence-corrected chi connectivity index (χ0v) is 14.0. The second-order valence-electron chi connectivity index (χ2n) is 5.49. The summed E-state index contributed by atoms with van der Waals surface area (Å²) in [5.74, 6) is -0.246. The lowest BCUT2D eigenvalue weighted by molar-refractivity contribution is -0.384. The Hall–Kier alpha value is -2.20. The molecular formula is C14H19N3O6S. The average molecular weight is 357 g/mol. The number of sulfone groups is 1. The van der Waals surface area contributed by atoms with E-state index in [0.717, 1.165) is 12.3 Å². The minimum Gasteiger partial charge on any atom is -0.381 e. The molecule has 2 N–H and O–H groups in total. The highest BCUT2D eigenvalue weighted by Gasteiger charge is 2.23. The van der Waals surface area contributed by atoms with Crippen molar-refractivity contribution in [1.29, 1.82) is 0 Å². The van der Waals surface area contributed by atoms with Gasteiger partial charge in [0.1, 0.15) is 5.69 Å². The lowest BCUT2D eigenvalue weighted by Crippen LogP contribution is -2.34. The molecule has 0 spiro atoms. The van der Waals surface area contributed by atoms with Crippen LogP contribution in [0.4, 0.5) is 11.4 Å². The van der Waals surface area contributed by atoms with E-state index in [4.69, 9.17) is 4.74 Å². The van der Waals surface area contributed by atoms with Crippen LogP contribution in [0.5, 0.6) is 0 Å². The van der Waals surface area contributed by atoms with Gasteiger partial charge in [-0.15, -0.1) is 0 Å². The highest BCUT2D eigenvalue weighted by atomic mass is 32.2. The molecule has 9 nitrogen and oxygen atoms in total. The van der Waals surface area contributed by atoms with Gasteiger partial charge in [0.2, 0.25) is 5.91 Å². The van der Waals surface area contributed by atoms with E-state index in [1.54, 1.807) is 0 Å². The molecule has 1 aliphatic heterocycles. The van der Waals surface area contributed by atoms with Crippen molar-refractivity contribution in [3.63, 3.8) is 0 Å². The molecule has 0 saturated carbocycles. The number of nitrogens with zero attached hydrogens (tertiary/aromatic N) is 1. The first-order valence-electron chi connectivity index (χ1n) is 7.37. The van der Waals surface area contributed by atoms with Crippen LogP contribution in [-0.2, 0) is 19.4 Å². The fraction of sp³-hybridized carbons (Fsp3) is 0.500. The van der Waals surface area contributed by atoms with Crippen LogP contribution in [0.1, 0.15) is 6.42 Å². The van der Waals surface area contributed by atoms with E-state index in [-0.39, 0.29) is 34.6 Å². The first kappa shape index (κ1) is 18.1. The fourth-order valence-electron chi connectivity index (χ4n) is 2.31. The predicted octanol–water partition coefficient (Wildman–Crippen LogP) is 0.563. The second kappa shape index (κ2) is 7.58. The Morgan fingerprint density at radius 3 is 2.75 bits per heavy atom. The summed E-state index contributed by atoms with van der Waals surface area (Å²) in [5, 5.41) is 16.7. The molecule has 1 amide bonds. The molecule has 1 aliphatic rings. The van der Waals surface area contributed by atoms with Crippen molar-refractivity contribution in [3.05, 3.63) is 28.3 Å². The number of amides is 1. The van der Waals surface area contributed by atoms with Crippen molar-refractivity contribution in [1.82, 2.24) is 5.32 Å². The molecule has 1 aromatic rings. The number of carbonyl (C=O) groups excluding carboxylic acids is 1. The van der Waals surface area contributed by atoms with Gasteiger partial charge < -0.3 is 15.4 Å². The van der Waals surface area contributed by atoms with E-state index in [9.17, 15) is 23.3 Å². The summed E-state index contributed by atoms with van der Waals surface area (Å²) >= 11 is 0. The monoisotopic (exact) mass is 357 g/mol. The predicted molar refractivity (Wildman–Crippen MR) is 86.6 cm³/mol. The van der Waals surface area contributed by atoms with Gasteiger partial charge in [-0.2, -0.15) is 0 Å². The molecule has 1 atom stereocenters. The molecule has 0 bridgehead atoms. The zero-order chi connectivity index (χ0) is 17.7. The number of nitrogens with one attached hydrogen (secondary N) is 2. The standard InChI is InChI=1S/C14H19N3O6S/c1-24(21,22)11-2-3-12(13(8-11)17(19)20)15-5-6-16-14(18)10-4-7-23-9-10/h2-3,8,10,15H,4-7,9H2,1H3,(H,16,18). The Labute approximate surface area is 139 Å². The molecule has 0 aromatic heterocycles. The van der Waals surface area contributed by atoms with Crippen molar-refractivity contribution < 1.29 is 22.9 Å². The van der Waals surface area contributed by atoms with E-state index in [0.29, 0.717) is 26.2 Å². The number of ether oxygens (including phenoxy) is 1. The average Bonchev–Trinajstić information content (AvgIpc) is 3.04. The number of rotatable bonds is 7. The van der Waals surface area contributed by atoms with Crippen LogP contribution >= 0.6 is 0 Å². The van der Waals surface area contributed by atoms with E-state index in [1.165, 1.54) is 12.1 Å². The number of anilines is 1. The molecule has 1 aromatic carbocycles. The summed E-state index contributed by atoms with van der Waals surface area (Å²) < 4.78 is 28.1. The number of benzene rings is 1. The maximum atomic E-state index is 11.8. The van der Waals surface area contributed by atoms with Gasteiger partial charge in [-0.3, -0.25) is 14.9 Å². The highest BCUT2D eigenvalue weighted by Crippen LogP contribution is 2.27. The van der Waals surface area contributed by atoms with Crippen molar-refractivity contribution in [2.75, 3.05) is 37.9 Å². The molecule has 0 aliphatic carbocycles. The lowest BCUT2D eigenvalue weighted by atomic mass is 10.1. The topological polar surface area (TPSA) is 128 Å². The Bertz CT molecular complexity index is 728. The molecule has 1 fully saturated rings. The van der Waals surface area contributed by atoms with Crippen LogP contribution in [-0.4, -0.2) is 51.8 Å². The summed E-state index contributed by atoms with van der Waals surface area (Å²) in [7, 11) is -3.52. The van der Waals surface area contributed by atoms with Gasteiger partial charge in [-0.25, -0.2) is 8.42 Å². The Balaban J connectivity index is 1.94. The first-order chi connectivity index (χ1) is 11.3. The molecule has 0 radical (unpaired) electrons. The largest absolute Gasteiger partial charge is 0.381 e. The van der Waals surface area contributed by atoms with Crippen LogP contribution in [0.25, 0.3) is 0 Å². The van der Waals surface area contributed by atoms with Gasteiger partial charge in [0.05, 0.1) is 22.3 Å². The van der Waals surface area contributed by atoms with E-state index in [1.807, 2.05) is 0 Å². The first-order valence-corrected chi connectivity index (χ1v) is 9.26. The second-order valence-corrected chi connectivity index (χ2v) is 7.50. The fourth-order valence-corrected chi connectivity index (χ4v) is 2.95. The van der Waals surface area contributed by atoms with Crippen LogP contribution in [0.3, 0.4) is 0 Å². The number of nitro benzene ring substituents is 1. The van der Waals surface area contributed by atoms with E-state index >= 15 is 0 Å². The quantitative estimate of drug-likeness (QED) is 0.414. The summed E-state index contributed by atoms with van der Waals surface area (Å²) in [6, 6.07) is 3.67. The third-order valence-electron chi connectivity index (χ3n) is 3.63. The van der Waals surface area contributed by atoms with Crippen molar-refractivity contribution in [2.24, 2.45) is 5.92 Å². The van der Waals surface area contributed by atoms with Crippen molar-refractivity contribution in [2.45, 2.75) is 11.3 Å². The van der Waals surface area contributed by atoms with Crippen LogP contribution < -0.4 is 10.6 Å². The van der Waals surface area contributed by atoms with Crippen molar-refractivity contribution in [3.8, 4) is 0 Å². The Morgan fingerprint density at radius 1 is 1.42 bits per heavy atom. The van der Waals surface area contributed by atoms with Gasteiger partial charge in [0.15, 0.2) is 9.84 Å². The van der Waals surface area contributed by atoms with Crippen LogP contribution in [0, 0.1) is 16.0 Å². The number of nitro groups is 1. The third-order valence-corrected chi connectivity index (χ3v) is 4.74. The summed E-state index contributed by atoms with van der Waals surface area (Å²) in [6.07, 6.45) is 1.68. The Morgan fingerprint density at radius 2 is 2.17 bits per heavy atom. The van der Waals surface area contributed by atoms with Gasteiger partial charge in [-0.1, -0.05) is 0 Å². The van der Waals surface area contributed by atoms with E-state index < -0.39 is 14.8 Å². The molecule has 24 heavy (non-hydrogen) atoms. The molecule has 132 valence electrons. The van der Waals surface area contributed by atoms with Gasteiger partial charge in [0.25, 0.3) is 5.69 Å². The minimum absolute atomic E-state index is 0.101. The molecule has 2 rings (SSSR count). The van der Waals surface area contributed by atoms with Gasteiger partial charge >= 0.3 is 0 Å². The number of carbonyl (C=O) groups is 1. The van der Waals surface area contributed by atoms with Crippen LogP contribution in [0.15, 0.2) is 23.1 Å². The minimum atomic E-state index is -3.52. The SMILES string of the molecule is CS(=O)(=O)c1ccc(NCCNC(=O)C2CCOC2)c([N+](=O)[O-])c1. The lowest BCUT2D eigenvalue weighted by Gasteiger charge is -2.11. The number of hydrogen-bond donors (Lipinski definition) is 2. The molecule has 1 unspecified atom stereocenters. The van der Waals surface area contributed by atoms with Gasteiger partial charge in [0, 0.05) is 32.0 Å². The molecule has 1 saturated heterocycles. The zero-order valence-electron chi connectivity index (χ0n) is 13.1. The summed E-state index contributed by atoms with van der Waals surface area (Å²) in [4.78, 5) is 22.1. The smallest absolute Gasteiger partial charge is 0.293 e. The Kier molecular flexibility index (Phi) is 5.73. The molecule has 10 heteroatoms. The van der Waals surface area contributed by atoms with E-state index in [2.05, 4.69) is 10.6 Å². The summed E-state index contributed by atoms with van der Waals surface area (Å²) in [5.41, 5.74) is -0.126. The molecular weight excluding hydrogens is 338 g/mol. The maximum Gasteiger partial charge on any atom is 0.293 e. The molecule has 1 heterocycles. The van der Waals surface area contributed by atoms with Crippen molar-refractivity contribution >= 4 is 27.1 Å². The van der Waals surface area contributed by atoms with Gasteiger partial charge in [-0.05, 0) is 18.6 Å². The third kappa shape index (κ3) is 4.65. The van der Waals surface area contributed by atoms with Crippen LogP contribution in [0.2, 0.25) is 0 Å². The number of hydrogen-bond acceptors (Lipinski definition) is 7. The normalized spacial score (nSPS) is 17.5. The maximum absolute atomic E-state index is 11.8.